The molecule has 0 unspecified atom stereocenters. The highest BCUT2D eigenvalue weighted by Crippen LogP contribution is 2.33. The van der Waals surface area contributed by atoms with E-state index in [0.717, 1.165) is 27.8 Å². The predicted octanol–water partition coefficient (Wildman–Crippen LogP) is 3.77. The Labute approximate surface area is 144 Å². The van der Waals surface area contributed by atoms with Crippen molar-refractivity contribution < 1.29 is 9.53 Å². The van der Waals surface area contributed by atoms with Crippen molar-refractivity contribution >= 4 is 22.3 Å². The average Bonchev–Trinajstić information content (AvgIpc) is 3.01. The number of fused-ring (bicyclic) bond motifs is 3. The Hall–Kier alpha value is -3.05. The molecule has 0 atom stereocenters. The van der Waals surface area contributed by atoms with E-state index in [9.17, 15) is 4.79 Å². The van der Waals surface area contributed by atoms with Gasteiger partial charge in [-0.3, -0.25) is 4.79 Å². The molecule has 5 heteroatoms. The number of benzene rings is 1. The van der Waals surface area contributed by atoms with E-state index in [1.54, 1.807) is 13.4 Å². The molecule has 0 aliphatic rings. The molecule has 0 N–H and O–H groups in total. The van der Waals surface area contributed by atoms with Crippen molar-refractivity contribution in [3.63, 3.8) is 0 Å². The molecular formula is C20H17N3O2. The Bertz CT molecular complexity index is 1050. The summed E-state index contributed by atoms with van der Waals surface area (Å²) in [6.07, 6.45) is 3.79. The Morgan fingerprint density at radius 1 is 1.08 bits per heavy atom. The van der Waals surface area contributed by atoms with Gasteiger partial charge in [-0.15, -0.1) is 0 Å². The second kappa shape index (κ2) is 6.45. The van der Waals surface area contributed by atoms with Crippen LogP contribution in [0.3, 0.4) is 0 Å². The van der Waals surface area contributed by atoms with Gasteiger partial charge in [-0.2, -0.15) is 0 Å². The summed E-state index contributed by atoms with van der Waals surface area (Å²) in [6, 6.07) is 15.7. The molecule has 0 aliphatic heterocycles. The van der Waals surface area contributed by atoms with Gasteiger partial charge in [0, 0.05) is 25.3 Å². The third-order valence-corrected chi connectivity index (χ3v) is 4.28. The molecule has 0 bridgehead atoms. The monoisotopic (exact) mass is 331 g/mol. The lowest BCUT2D eigenvalue weighted by atomic mass is 10.0. The van der Waals surface area contributed by atoms with Crippen LogP contribution in [0.5, 0.6) is 0 Å². The fourth-order valence-corrected chi connectivity index (χ4v) is 3.17. The van der Waals surface area contributed by atoms with E-state index in [4.69, 9.17) is 4.74 Å². The number of hydrogen-bond acceptors (Lipinski definition) is 4. The van der Waals surface area contributed by atoms with Crippen LogP contribution in [0.25, 0.3) is 27.8 Å². The van der Waals surface area contributed by atoms with E-state index in [0.29, 0.717) is 18.6 Å². The zero-order valence-electron chi connectivity index (χ0n) is 13.8. The molecule has 0 saturated heterocycles. The highest BCUT2D eigenvalue weighted by Gasteiger charge is 2.22. The molecule has 0 radical (unpaired) electrons. The van der Waals surface area contributed by atoms with Crippen LogP contribution in [0.4, 0.5) is 0 Å². The summed E-state index contributed by atoms with van der Waals surface area (Å²) in [5.74, 6) is 0.0348. The Morgan fingerprint density at radius 3 is 2.68 bits per heavy atom. The second-order valence-electron chi connectivity index (χ2n) is 5.78. The maximum absolute atomic E-state index is 12.9. The molecule has 3 heterocycles. The van der Waals surface area contributed by atoms with Crippen LogP contribution in [-0.2, 0) is 4.74 Å². The van der Waals surface area contributed by atoms with Crippen molar-refractivity contribution in [1.29, 1.82) is 0 Å². The predicted molar refractivity (Wildman–Crippen MR) is 96.8 cm³/mol. The van der Waals surface area contributed by atoms with Crippen molar-refractivity contribution in [2.24, 2.45) is 0 Å². The summed E-state index contributed by atoms with van der Waals surface area (Å²) in [7, 11) is 1.60. The molecule has 0 spiro atoms. The van der Waals surface area contributed by atoms with Gasteiger partial charge in [-0.1, -0.05) is 36.4 Å². The summed E-state index contributed by atoms with van der Waals surface area (Å²) in [4.78, 5) is 21.9. The van der Waals surface area contributed by atoms with Gasteiger partial charge in [-0.05, 0) is 12.1 Å². The van der Waals surface area contributed by atoms with E-state index in [-0.39, 0.29) is 5.78 Å². The number of pyridine rings is 1. The zero-order valence-corrected chi connectivity index (χ0v) is 13.8. The van der Waals surface area contributed by atoms with Gasteiger partial charge in [-0.25, -0.2) is 9.97 Å². The summed E-state index contributed by atoms with van der Waals surface area (Å²) in [5.41, 5.74) is 3.98. The summed E-state index contributed by atoms with van der Waals surface area (Å²) in [5, 5.41) is 0.793. The molecule has 1 aromatic carbocycles. The van der Waals surface area contributed by atoms with Crippen molar-refractivity contribution in [2.45, 2.75) is 6.42 Å². The van der Waals surface area contributed by atoms with Crippen LogP contribution in [0.2, 0.25) is 0 Å². The van der Waals surface area contributed by atoms with Crippen molar-refractivity contribution in [2.75, 3.05) is 13.7 Å². The standard InChI is InChI=1S/C20H17N3O2/c1-25-12-10-16(24)17-15-9-5-6-11-23(15)20-18(17)19(21-13-22-20)14-7-3-2-4-8-14/h2-9,11,13H,10,12H2,1H3. The normalized spacial score (nSPS) is 11.2. The minimum Gasteiger partial charge on any atom is -0.384 e. The molecule has 4 rings (SSSR count). The number of carbonyl (C=O) groups is 1. The number of nitrogens with zero attached hydrogens (tertiary/aromatic N) is 3. The molecular weight excluding hydrogens is 314 g/mol. The molecule has 4 aromatic rings. The topological polar surface area (TPSA) is 56.5 Å². The van der Waals surface area contributed by atoms with E-state index >= 15 is 0 Å². The number of ketones is 1. The fourth-order valence-electron chi connectivity index (χ4n) is 3.17. The lowest BCUT2D eigenvalue weighted by Gasteiger charge is -2.05. The number of methoxy groups -OCH3 is 1. The van der Waals surface area contributed by atoms with Gasteiger partial charge in [0.1, 0.15) is 12.0 Å². The van der Waals surface area contributed by atoms with Crippen molar-refractivity contribution in [3.8, 4) is 11.3 Å². The Balaban J connectivity index is 2.07. The summed E-state index contributed by atoms with van der Waals surface area (Å²) < 4.78 is 7.04. The van der Waals surface area contributed by atoms with Gasteiger partial charge in [0.05, 0.1) is 28.8 Å². The molecule has 124 valence electrons. The number of rotatable bonds is 5. The molecule has 3 aromatic heterocycles. The number of ether oxygens (including phenoxy) is 1. The van der Waals surface area contributed by atoms with Gasteiger partial charge >= 0.3 is 0 Å². The highest BCUT2D eigenvalue weighted by molar-refractivity contribution is 6.17. The van der Waals surface area contributed by atoms with E-state index in [1.807, 2.05) is 59.1 Å². The fraction of sp³-hybridized carbons (Fsp3) is 0.150. The lowest BCUT2D eigenvalue weighted by molar-refractivity contribution is 0.0935. The van der Waals surface area contributed by atoms with Gasteiger partial charge in [0.15, 0.2) is 5.78 Å². The maximum atomic E-state index is 12.9. The smallest absolute Gasteiger partial charge is 0.168 e. The average molecular weight is 331 g/mol. The molecule has 0 fully saturated rings. The van der Waals surface area contributed by atoms with Crippen molar-refractivity contribution in [3.05, 3.63) is 66.6 Å². The van der Waals surface area contributed by atoms with E-state index < -0.39 is 0 Å². The molecule has 0 saturated carbocycles. The van der Waals surface area contributed by atoms with Gasteiger partial charge in [0.2, 0.25) is 0 Å². The summed E-state index contributed by atoms with van der Waals surface area (Å²) >= 11 is 0. The van der Waals surface area contributed by atoms with E-state index in [1.165, 1.54) is 0 Å². The Morgan fingerprint density at radius 2 is 1.88 bits per heavy atom. The zero-order chi connectivity index (χ0) is 17.2. The lowest BCUT2D eigenvalue weighted by Crippen LogP contribution is -2.04. The molecule has 25 heavy (non-hydrogen) atoms. The van der Waals surface area contributed by atoms with Crippen LogP contribution in [-0.4, -0.2) is 33.9 Å². The van der Waals surface area contributed by atoms with Crippen molar-refractivity contribution in [1.82, 2.24) is 14.4 Å². The van der Waals surface area contributed by atoms with Gasteiger partial charge in [0.25, 0.3) is 0 Å². The molecule has 5 nitrogen and oxygen atoms in total. The quantitative estimate of drug-likeness (QED) is 0.522. The maximum Gasteiger partial charge on any atom is 0.168 e. The minimum absolute atomic E-state index is 0.0348. The molecule has 0 amide bonds. The minimum atomic E-state index is 0.0348. The van der Waals surface area contributed by atoms with Crippen LogP contribution in [0, 0.1) is 0 Å². The van der Waals surface area contributed by atoms with Crippen LogP contribution in [0.1, 0.15) is 16.8 Å². The van der Waals surface area contributed by atoms with E-state index in [2.05, 4.69) is 9.97 Å². The highest BCUT2D eigenvalue weighted by atomic mass is 16.5. The number of carbonyl (C=O) groups excluding carboxylic acids is 1. The van der Waals surface area contributed by atoms with Gasteiger partial charge < -0.3 is 9.14 Å². The first kappa shape index (κ1) is 15.5. The number of hydrogen-bond donors (Lipinski definition) is 0. The molecule has 0 aliphatic carbocycles. The third kappa shape index (κ3) is 2.58. The number of aromatic nitrogens is 3. The van der Waals surface area contributed by atoms with Crippen LogP contribution < -0.4 is 0 Å². The summed E-state index contributed by atoms with van der Waals surface area (Å²) in [6.45, 7) is 0.388. The number of Topliss-reactive ketones (excluding diaryl/α,β-unsaturated/α-hetero) is 1. The first-order chi connectivity index (χ1) is 12.3. The third-order valence-electron chi connectivity index (χ3n) is 4.28. The Kier molecular flexibility index (Phi) is 3.99. The van der Waals surface area contributed by atoms with Crippen LogP contribution >= 0.6 is 0 Å². The first-order valence-corrected chi connectivity index (χ1v) is 8.12. The second-order valence-corrected chi connectivity index (χ2v) is 5.78. The largest absolute Gasteiger partial charge is 0.384 e. The SMILES string of the molecule is COCCC(=O)c1c2c(-c3ccccc3)ncnc2n2ccccc12. The first-order valence-electron chi connectivity index (χ1n) is 8.12. The van der Waals surface area contributed by atoms with Crippen LogP contribution in [0.15, 0.2) is 61.1 Å².